The van der Waals surface area contributed by atoms with Crippen molar-refractivity contribution in [2.75, 3.05) is 0 Å². The lowest BCUT2D eigenvalue weighted by molar-refractivity contribution is 0.0697. The molecule has 0 fully saturated rings. The van der Waals surface area contributed by atoms with E-state index in [1.807, 2.05) is 12.1 Å². The van der Waals surface area contributed by atoms with Crippen molar-refractivity contribution in [1.82, 2.24) is 5.32 Å². The summed E-state index contributed by atoms with van der Waals surface area (Å²) in [7, 11) is 0. The molecule has 0 aliphatic carbocycles. The Balaban J connectivity index is 1.94. The SMILES string of the molecule is Cc1cc(CNCc2cc(C(=O)O)cs2)cc(C)c1F. The highest BCUT2D eigenvalue weighted by molar-refractivity contribution is 7.10. The van der Waals surface area contributed by atoms with E-state index in [4.69, 9.17) is 5.11 Å². The number of rotatable bonds is 5. The molecular weight excluding hydrogens is 277 g/mol. The van der Waals surface area contributed by atoms with Crippen molar-refractivity contribution in [3.05, 3.63) is 56.5 Å². The van der Waals surface area contributed by atoms with Gasteiger partial charge in [0, 0.05) is 23.3 Å². The number of carbonyl (C=O) groups is 1. The van der Waals surface area contributed by atoms with Crippen LogP contribution < -0.4 is 5.32 Å². The van der Waals surface area contributed by atoms with Gasteiger partial charge in [-0.2, -0.15) is 0 Å². The number of aromatic carboxylic acids is 1. The summed E-state index contributed by atoms with van der Waals surface area (Å²) in [6, 6.07) is 5.32. The van der Waals surface area contributed by atoms with E-state index in [0.717, 1.165) is 10.4 Å². The van der Waals surface area contributed by atoms with Crippen molar-refractivity contribution in [2.45, 2.75) is 26.9 Å². The summed E-state index contributed by atoms with van der Waals surface area (Å²) in [6.45, 7) is 4.74. The maximum absolute atomic E-state index is 13.5. The Morgan fingerprint density at radius 3 is 2.45 bits per heavy atom. The molecule has 20 heavy (non-hydrogen) atoms. The van der Waals surface area contributed by atoms with E-state index in [2.05, 4.69) is 5.32 Å². The predicted octanol–water partition coefficient (Wildman–Crippen LogP) is 3.49. The van der Waals surface area contributed by atoms with Crippen LogP contribution in [0.4, 0.5) is 4.39 Å². The average molecular weight is 293 g/mol. The number of hydrogen-bond acceptors (Lipinski definition) is 3. The zero-order valence-corrected chi connectivity index (χ0v) is 12.2. The third kappa shape index (κ3) is 3.43. The first kappa shape index (κ1) is 14.7. The molecule has 1 heterocycles. The predicted molar refractivity (Wildman–Crippen MR) is 77.7 cm³/mol. The van der Waals surface area contributed by atoms with Gasteiger partial charge < -0.3 is 10.4 Å². The Kier molecular flexibility index (Phi) is 4.52. The molecule has 0 saturated carbocycles. The summed E-state index contributed by atoms with van der Waals surface area (Å²) in [5.41, 5.74) is 2.63. The number of benzene rings is 1. The maximum atomic E-state index is 13.5. The van der Waals surface area contributed by atoms with Gasteiger partial charge in [0.25, 0.3) is 0 Å². The number of halogens is 1. The molecule has 1 aromatic heterocycles. The third-order valence-corrected chi connectivity index (χ3v) is 3.96. The van der Waals surface area contributed by atoms with Gasteiger partial charge in [-0.3, -0.25) is 0 Å². The normalized spacial score (nSPS) is 10.8. The molecular formula is C15H16FNO2S. The van der Waals surface area contributed by atoms with Gasteiger partial charge in [-0.1, -0.05) is 12.1 Å². The molecule has 0 atom stereocenters. The standard InChI is InChI=1S/C15H16FNO2S/c1-9-3-11(4-10(2)14(9)16)6-17-7-13-5-12(8-20-13)15(18)19/h3-5,8,17H,6-7H2,1-2H3,(H,18,19). The smallest absolute Gasteiger partial charge is 0.336 e. The summed E-state index contributed by atoms with van der Waals surface area (Å²) < 4.78 is 13.5. The van der Waals surface area contributed by atoms with E-state index in [9.17, 15) is 9.18 Å². The molecule has 0 radical (unpaired) electrons. The minimum Gasteiger partial charge on any atom is -0.478 e. The molecule has 0 amide bonds. The molecule has 2 rings (SSSR count). The second-order valence-electron chi connectivity index (χ2n) is 4.75. The van der Waals surface area contributed by atoms with E-state index in [-0.39, 0.29) is 5.82 Å². The van der Waals surface area contributed by atoms with Crippen LogP contribution in [0.3, 0.4) is 0 Å². The average Bonchev–Trinajstić information content (AvgIpc) is 2.85. The second kappa shape index (κ2) is 6.15. The lowest BCUT2D eigenvalue weighted by atomic mass is 10.1. The van der Waals surface area contributed by atoms with Gasteiger partial charge in [-0.25, -0.2) is 9.18 Å². The molecule has 2 aromatic rings. The van der Waals surface area contributed by atoms with Crippen LogP contribution in [0.25, 0.3) is 0 Å². The first-order valence-corrected chi connectivity index (χ1v) is 7.12. The fourth-order valence-corrected chi connectivity index (χ4v) is 2.88. The van der Waals surface area contributed by atoms with Gasteiger partial charge in [0.05, 0.1) is 5.56 Å². The lowest BCUT2D eigenvalue weighted by Crippen LogP contribution is -2.12. The second-order valence-corrected chi connectivity index (χ2v) is 5.75. The summed E-state index contributed by atoms with van der Waals surface area (Å²) in [6.07, 6.45) is 0. The third-order valence-electron chi connectivity index (χ3n) is 3.03. The molecule has 106 valence electrons. The fraction of sp³-hybridized carbons (Fsp3) is 0.267. The number of carboxylic acid groups (broad SMARTS) is 1. The van der Waals surface area contributed by atoms with Crippen molar-refractivity contribution in [2.24, 2.45) is 0 Å². The van der Waals surface area contributed by atoms with E-state index in [0.29, 0.717) is 29.8 Å². The summed E-state index contributed by atoms with van der Waals surface area (Å²) in [4.78, 5) is 11.7. The van der Waals surface area contributed by atoms with Gasteiger partial charge in [0.1, 0.15) is 5.82 Å². The highest BCUT2D eigenvalue weighted by Crippen LogP contribution is 2.16. The topological polar surface area (TPSA) is 49.3 Å². The van der Waals surface area contributed by atoms with E-state index < -0.39 is 5.97 Å². The molecule has 2 N–H and O–H groups in total. The number of nitrogens with one attached hydrogen (secondary N) is 1. The zero-order valence-electron chi connectivity index (χ0n) is 11.4. The first-order valence-electron chi connectivity index (χ1n) is 6.24. The molecule has 1 aromatic carbocycles. The number of thiophene rings is 1. The molecule has 0 aliphatic heterocycles. The molecule has 0 aliphatic rings. The Morgan fingerprint density at radius 2 is 1.90 bits per heavy atom. The Morgan fingerprint density at radius 1 is 1.25 bits per heavy atom. The fourth-order valence-electron chi connectivity index (χ4n) is 2.05. The quantitative estimate of drug-likeness (QED) is 0.887. The van der Waals surface area contributed by atoms with Crippen LogP contribution in [0.15, 0.2) is 23.6 Å². The van der Waals surface area contributed by atoms with Crippen molar-refractivity contribution in [3.63, 3.8) is 0 Å². The highest BCUT2D eigenvalue weighted by atomic mass is 32.1. The molecule has 0 bridgehead atoms. The monoisotopic (exact) mass is 293 g/mol. The van der Waals surface area contributed by atoms with E-state index in [1.54, 1.807) is 25.3 Å². The molecule has 5 heteroatoms. The van der Waals surface area contributed by atoms with E-state index >= 15 is 0 Å². The van der Waals surface area contributed by atoms with Crippen LogP contribution in [0.1, 0.15) is 31.9 Å². The zero-order chi connectivity index (χ0) is 14.7. The van der Waals surface area contributed by atoms with Crippen LogP contribution in [0.2, 0.25) is 0 Å². The van der Waals surface area contributed by atoms with Gasteiger partial charge in [0.2, 0.25) is 0 Å². The van der Waals surface area contributed by atoms with Crippen LogP contribution in [-0.2, 0) is 13.1 Å². The molecule has 0 unspecified atom stereocenters. The number of hydrogen-bond donors (Lipinski definition) is 2. The summed E-state index contributed by atoms with van der Waals surface area (Å²) >= 11 is 1.42. The molecule has 3 nitrogen and oxygen atoms in total. The minimum absolute atomic E-state index is 0.155. The van der Waals surface area contributed by atoms with E-state index in [1.165, 1.54) is 11.3 Å². The lowest BCUT2D eigenvalue weighted by Gasteiger charge is -2.07. The largest absolute Gasteiger partial charge is 0.478 e. The Labute approximate surface area is 121 Å². The van der Waals surface area contributed by atoms with Gasteiger partial charge in [-0.15, -0.1) is 11.3 Å². The summed E-state index contributed by atoms with van der Waals surface area (Å²) in [5, 5.41) is 13.7. The van der Waals surface area contributed by atoms with Crippen molar-refractivity contribution < 1.29 is 14.3 Å². The van der Waals surface area contributed by atoms with Crippen molar-refractivity contribution in [3.8, 4) is 0 Å². The Hall–Kier alpha value is -1.72. The van der Waals surface area contributed by atoms with Crippen LogP contribution in [0, 0.1) is 19.7 Å². The van der Waals surface area contributed by atoms with Crippen LogP contribution in [0.5, 0.6) is 0 Å². The van der Waals surface area contributed by atoms with Crippen molar-refractivity contribution in [1.29, 1.82) is 0 Å². The molecule has 0 saturated heterocycles. The van der Waals surface area contributed by atoms with Gasteiger partial charge in [0.15, 0.2) is 0 Å². The van der Waals surface area contributed by atoms with Crippen LogP contribution >= 0.6 is 11.3 Å². The highest BCUT2D eigenvalue weighted by Gasteiger charge is 2.07. The molecule has 0 spiro atoms. The minimum atomic E-state index is -0.905. The maximum Gasteiger partial charge on any atom is 0.336 e. The number of carboxylic acids is 1. The Bertz CT molecular complexity index is 614. The summed E-state index contributed by atoms with van der Waals surface area (Å²) in [5.74, 6) is -1.06. The van der Waals surface area contributed by atoms with Crippen LogP contribution in [-0.4, -0.2) is 11.1 Å². The number of aryl methyl sites for hydroxylation is 2. The van der Waals surface area contributed by atoms with Crippen molar-refractivity contribution >= 4 is 17.3 Å². The first-order chi connectivity index (χ1) is 9.47. The van der Waals surface area contributed by atoms with Gasteiger partial charge >= 0.3 is 5.97 Å². The van der Waals surface area contributed by atoms with Gasteiger partial charge in [-0.05, 0) is 36.6 Å².